The number of fused-ring (bicyclic) bond motifs is 1. The molecule has 1 N–H and O–H groups in total. The smallest absolute Gasteiger partial charge is 0.148 e. The van der Waals surface area contributed by atoms with Gasteiger partial charge in [-0.2, -0.15) is 0 Å². The van der Waals surface area contributed by atoms with Gasteiger partial charge >= 0.3 is 0 Å². The zero-order chi connectivity index (χ0) is 11.7. The van der Waals surface area contributed by atoms with Gasteiger partial charge in [0.15, 0.2) is 0 Å². The predicted molar refractivity (Wildman–Crippen MR) is 68.2 cm³/mol. The van der Waals surface area contributed by atoms with Crippen LogP contribution in [0.4, 0.5) is 5.82 Å². The molecule has 0 amide bonds. The van der Waals surface area contributed by atoms with Crippen molar-refractivity contribution in [2.75, 3.05) is 5.32 Å². The number of aromatic nitrogens is 2. The van der Waals surface area contributed by atoms with E-state index in [9.17, 15) is 0 Å². The third-order valence-electron chi connectivity index (χ3n) is 2.57. The van der Waals surface area contributed by atoms with Crippen LogP contribution in [0.5, 0.6) is 0 Å². The molecule has 0 aliphatic heterocycles. The van der Waals surface area contributed by atoms with E-state index < -0.39 is 0 Å². The van der Waals surface area contributed by atoms with Crippen molar-refractivity contribution in [3.05, 3.63) is 41.9 Å². The van der Waals surface area contributed by atoms with Crippen LogP contribution in [0.15, 0.2) is 40.6 Å². The lowest BCUT2D eigenvalue weighted by atomic mass is 10.2. The molecule has 3 aromatic rings. The molecule has 3 aromatic heterocycles. The Bertz CT molecular complexity index is 618. The maximum absolute atomic E-state index is 5.36. The molecular formula is C12H11N3OS. The minimum absolute atomic E-state index is 0.0881. The molecule has 1 atom stereocenters. The molecule has 0 aromatic carbocycles. The average molecular weight is 245 g/mol. The molecule has 3 heterocycles. The maximum atomic E-state index is 5.36. The second-order valence-corrected chi connectivity index (χ2v) is 4.65. The summed E-state index contributed by atoms with van der Waals surface area (Å²) in [4.78, 5) is 8.48. The molecule has 4 nitrogen and oxygen atoms in total. The Hall–Kier alpha value is -1.88. The molecule has 0 fully saturated rings. The topological polar surface area (TPSA) is 51.0 Å². The molecule has 17 heavy (non-hydrogen) atoms. The highest BCUT2D eigenvalue weighted by atomic mass is 32.1. The van der Waals surface area contributed by atoms with Crippen molar-refractivity contribution in [1.29, 1.82) is 0 Å². The number of thiophene rings is 1. The number of hydrogen-bond donors (Lipinski definition) is 1. The summed E-state index contributed by atoms with van der Waals surface area (Å²) in [6, 6.07) is 5.91. The lowest BCUT2D eigenvalue weighted by molar-refractivity contribution is 0.490. The van der Waals surface area contributed by atoms with Gasteiger partial charge in [0.1, 0.15) is 17.9 Å². The Morgan fingerprint density at radius 3 is 3.12 bits per heavy atom. The molecule has 0 bridgehead atoms. The first-order valence-corrected chi connectivity index (χ1v) is 6.20. The highest BCUT2D eigenvalue weighted by Gasteiger charge is 2.11. The Labute approximate surface area is 102 Å². The SMILES string of the molecule is C[C@H](Nc1ncnc2ccsc12)c1ccco1. The van der Waals surface area contributed by atoms with Gasteiger partial charge < -0.3 is 9.73 Å². The third-order valence-corrected chi connectivity index (χ3v) is 3.48. The van der Waals surface area contributed by atoms with E-state index in [0.29, 0.717) is 0 Å². The summed E-state index contributed by atoms with van der Waals surface area (Å²) >= 11 is 1.64. The Balaban J connectivity index is 1.92. The van der Waals surface area contributed by atoms with Crippen LogP contribution in [0, 0.1) is 0 Å². The fourth-order valence-corrected chi connectivity index (χ4v) is 2.50. The van der Waals surface area contributed by atoms with E-state index in [0.717, 1.165) is 21.8 Å². The predicted octanol–water partition coefficient (Wildman–Crippen LogP) is 3.46. The Morgan fingerprint density at radius 2 is 2.29 bits per heavy atom. The fraction of sp³-hybridized carbons (Fsp3) is 0.167. The maximum Gasteiger partial charge on any atom is 0.148 e. The van der Waals surface area contributed by atoms with Crippen LogP contribution in [0.25, 0.3) is 10.2 Å². The van der Waals surface area contributed by atoms with Crippen molar-refractivity contribution in [2.45, 2.75) is 13.0 Å². The number of rotatable bonds is 3. The van der Waals surface area contributed by atoms with Gasteiger partial charge in [-0.1, -0.05) is 0 Å². The Morgan fingerprint density at radius 1 is 1.35 bits per heavy atom. The summed E-state index contributed by atoms with van der Waals surface area (Å²) in [6.07, 6.45) is 3.25. The second-order valence-electron chi connectivity index (χ2n) is 3.74. The van der Waals surface area contributed by atoms with Crippen molar-refractivity contribution < 1.29 is 4.42 Å². The number of nitrogens with zero attached hydrogens (tertiary/aromatic N) is 2. The molecule has 0 unspecified atom stereocenters. The first kappa shape index (κ1) is 10.3. The van der Waals surface area contributed by atoms with Gasteiger partial charge in [-0.05, 0) is 30.5 Å². The van der Waals surface area contributed by atoms with Crippen LogP contribution in [0.1, 0.15) is 18.7 Å². The minimum atomic E-state index is 0.0881. The minimum Gasteiger partial charge on any atom is -0.467 e. The number of nitrogens with one attached hydrogen (secondary N) is 1. The molecule has 3 rings (SSSR count). The highest BCUT2D eigenvalue weighted by molar-refractivity contribution is 7.17. The number of anilines is 1. The van der Waals surface area contributed by atoms with Gasteiger partial charge in [-0.3, -0.25) is 0 Å². The van der Waals surface area contributed by atoms with Crippen molar-refractivity contribution in [1.82, 2.24) is 9.97 Å². The summed E-state index contributed by atoms with van der Waals surface area (Å²) in [7, 11) is 0. The second kappa shape index (κ2) is 4.18. The molecule has 0 saturated heterocycles. The normalized spacial score (nSPS) is 12.8. The summed E-state index contributed by atoms with van der Waals surface area (Å²) in [5.41, 5.74) is 0.971. The summed E-state index contributed by atoms with van der Waals surface area (Å²) in [5, 5.41) is 5.35. The first-order valence-electron chi connectivity index (χ1n) is 5.33. The zero-order valence-electron chi connectivity index (χ0n) is 9.25. The molecule has 0 saturated carbocycles. The third kappa shape index (κ3) is 1.89. The molecular weight excluding hydrogens is 234 g/mol. The van der Waals surface area contributed by atoms with Crippen LogP contribution in [0.3, 0.4) is 0 Å². The largest absolute Gasteiger partial charge is 0.467 e. The van der Waals surface area contributed by atoms with Gasteiger partial charge in [0.05, 0.1) is 22.5 Å². The standard InChI is InChI=1S/C12H11N3OS/c1-8(10-3-2-5-16-10)15-12-11-9(4-6-17-11)13-7-14-12/h2-8H,1H3,(H,13,14,15)/t8-/m0/s1. The van der Waals surface area contributed by atoms with Crippen LogP contribution >= 0.6 is 11.3 Å². The van der Waals surface area contributed by atoms with Crippen molar-refractivity contribution in [3.63, 3.8) is 0 Å². The van der Waals surface area contributed by atoms with Gasteiger partial charge in [-0.25, -0.2) is 9.97 Å². The van der Waals surface area contributed by atoms with E-state index in [1.54, 1.807) is 23.9 Å². The van der Waals surface area contributed by atoms with Crippen LogP contribution in [-0.4, -0.2) is 9.97 Å². The quantitative estimate of drug-likeness (QED) is 0.767. The van der Waals surface area contributed by atoms with Crippen LogP contribution in [0.2, 0.25) is 0 Å². The lowest BCUT2D eigenvalue weighted by Gasteiger charge is -2.12. The molecule has 5 heteroatoms. The molecule has 86 valence electrons. The summed E-state index contributed by atoms with van der Waals surface area (Å²) in [6.45, 7) is 2.04. The fourth-order valence-electron chi connectivity index (χ4n) is 1.71. The van der Waals surface area contributed by atoms with E-state index in [2.05, 4.69) is 15.3 Å². The van der Waals surface area contributed by atoms with Crippen LogP contribution < -0.4 is 5.32 Å². The van der Waals surface area contributed by atoms with Gasteiger partial charge in [0, 0.05) is 0 Å². The molecule has 0 spiro atoms. The van der Waals surface area contributed by atoms with Gasteiger partial charge in [0.2, 0.25) is 0 Å². The summed E-state index contributed by atoms with van der Waals surface area (Å²) in [5.74, 6) is 1.75. The van der Waals surface area contributed by atoms with Crippen LogP contribution in [-0.2, 0) is 0 Å². The average Bonchev–Trinajstić information content (AvgIpc) is 3.00. The molecule has 0 aliphatic rings. The Kier molecular flexibility index (Phi) is 2.53. The van der Waals surface area contributed by atoms with Crippen molar-refractivity contribution >= 4 is 27.4 Å². The van der Waals surface area contributed by atoms with Gasteiger partial charge in [0.25, 0.3) is 0 Å². The van der Waals surface area contributed by atoms with Crippen molar-refractivity contribution in [3.8, 4) is 0 Å². The van der Waals surface area contributed by atoms with E-state index in [1.165, 1.54) is 0 Å². The first-order chi connectivity index (χ1) is 8.34. The van der Waals surface area contributed by atoms with Gasteiger partial charge in [-0.15, -0.1) is 11.3 Å². The molecule has 0 radical (unpaired) electrons. The lowest BCUT2D eigenvalue weighted by Crippen LogP contribution is -2.07. The number of hydrogen-bond acceptors (Lipinski definition) is 5. The molecule has 0 aliphatic carbocycles. The van der Waals surface area contributed by atoms with E-state index in [-0.39, 0.29) is 6.04 Å². The van der Waals surface area contributed by atoms with E-state index in [1.807, 2.05) is 30.5 Å². The monoisotopic (exact) mass is 245 g/mol. The van der Waals surface area contributed by atoms with E-state index >= 15 is 0 Å². The van der Waals surface area contributed by atoms with Crippen molar-refractivity contribution in [2.24, 2.45) is 0 Å². The zero-order valence-corrected chi connectivity index (χ0v) is 10.1. The summed E-state index contributed by atoms with van der Waals surface area (Å²) < 4.78 is 6.43. The van der Waals surface area contributed by atoms with E-state index in [4.69, 9.17) is 4.42 Å². The highest BCUT2D eigenvalue weighted by Crippen LogP contribution is 2.27. The number of furan rings is 1.